The molecule has 0 saturated carbocycles. The van der Waals surface area contributed by atoms with E-state index in [0.29, 0.717) is 19.0 Å². The molecule has 98 valence electrons. The van der Waals surface area contributed by atoms with Gasteiger partial charge in [0.05, 0.1) is 18.9 Å². The van der Waals surface area contributed by atoms with Gasteiger partial charge in [-0.2, -0.15) is 0 Å². The summed E-state index contributed by atoms with van der Waals surface area (Å²) in [5, 5.41) is 12.6. The monoisotopic (exact) mass is 257 g/mol. The SMILES string of the molecule is CNc1nc(-c2cccc(O)c2)nc2c1COCC2. The standard InChI is InChI=1S/C14H15N3O2/c1-15-14-11-8-19-6-5-12(11)16-13(17-14)9-3-2-4-10(18)7-9/h2-4,7,18H,5-6,8H2,1H3,(H,15,16,17). The predicted molar refractivity (Wildman–Crippen MR) is 72.0 cm³/mol. The Hall–Kier alpha value is -2.14. The fourth-order valence-electron chi connectivity index (χ4n) is 2.21. The van der Waals surface area contributed by atoms with Gasteiger partial charge in [0.1, 0.15) is 11.6 Å². The van der Waals surface area contributed by atoms with E-state index in [2.05, 4.69) is 15.3 Å². The van der Waals surface area contributed by atoms with Crippen molar-refractivity contribution in [1.29, 1.82) is 0 Å². The average Bonchev–Trinajstić information content (AvgIpc) is 2.46. The van der Waals surface area contributed by atoms with Crippen LogP contribution in [0.25, 0.3) is 11.4 Å². The summed E-state index contributed by atoms with van der Waals surface area (Å²) >= 11 is 0. The molecule has 1 aliphatic heterocycles. The first kappa shape index (κ1) is 11.9. The second-order valence-corrected chi connectivity index (χ2v) is 4.42. The lowest BCUT2D eigenvalue weighted by atomic mass is 10.1. The number of rotatable bonds is 2. The average molecular weight is 257 g/mol. The number of fused-ring (bicyclic) bond motifs is 1. The van der Waals surface area contributed by atoms with Gasteiger partial charge >= 0.3 is 0 Å². The maximum absolute atomic E-state index is 9.55. The zero-order valence-electron chi connectivity index (χ0n) is 10.7. The van der Waals surface area contributed by atoms with E-state index in [1.807, 2.05) is 13.1 Å². The summed E-state index contributed by atoms with van der Waals surface area (Å²) < 4.78 is 5.44. The molecule has 0 saturated heterocycles. The van der Waals surface area contributed by atoms with E-state index in [1.54, 1.807) is 18.2 Å². The molecule has 19 heavy (non-hydrogen) atoms. The van der Waals surface area contributed by atoms with E-state index in [-0.39, 0.29) is 5.75 Å². The summed E-state index contributed by atoms with van der Waals surface area (Å²) in [5.74, 6) is 1.64. The summed E-state index contributed by atoms with van der Waals surface area (Å²) in [6, 6.07) is 6.98. The highest BCUT2D eigenvalue weighted by Gasteiger charge is 2.18. The van der Waals surface area contributed by atoms with Crippen LogP contribution < -0.4 is 5.32 Å². The Bertz CT molecular complexity index is 596. The number of nitrogens with zero attached hydrogens (tertiary/aromatic N) is 2. The van der Waals surface area contributed by atoms with Crippen LogP contribution in [0, 0.1) is 0 Å². The van der Waals surface area contributed by atoms with Gasteiger partial charge in [0.2, 0.25) is 0 Å². The Morgan fingerprint density at radius 3 is 3.00 bits per heavy atom. The first-order valence-corrected chi connectivity index (χ1v) is 6.22. The number of aromatic nitrogens is 2. The van der Waals surface area contributed by atoms with Crippen molar-refractivity contribution in [1.82, 2.24) is 9.97 Å². The summed E-state index contributed by atoms with van der Waals surface area (Å²) in [6.07, 6.45) is 0.790. The molecule has 1 aromatic heterocycles. The third-order valence-corrected chi connectivity index (χ3v) is 3.16. The highest BCUT2D eigenvalue weighted by molar-refractivity contribution is 5.61. The summed E-state index contributed by atoms with van der Waals surface area (Å²) in [5.41, 5.74) is 2.85. The first-order valence-electron chi connectivity index (χ1n) is 6.22. The maximum atomic E-state index is 9.55. The molecule has 0 spiro atoms. The molecule has 2 aromatic rings. The normalized spacial score (nSPS) is 13.9. The van der Waals surface area contributed by atoms with Gasteiger partial charge in [0.25, 0.3) is 0 Å². The van der Waals surface area contributed by atoms with E-state index in [4.69, 9.17) is 4.74 Å². The minimum Gasteiger partial charge on any atom is -0.508 e. The Kier molecular flexibility index (Phi) is 3.05. The van der Waals surface area contributed by atoms with Gasteiger partial charge in [-0.05, 0) is 12.1 Å². The van der Waals surface area contributed by atoms with Crippen LogP contribution in [-0.2, 0) is 17.8 Å². The second-order valence-electron chi connectivity index (χ2n) is 4.42. The lowest BCUT2D eigenvalue weighted by Crippen LogP contribution is -2.16. The molecule has 0 fully saturated rings. The van der Waals surface area contributed by atoms with Crippen molar-refractivity contribution >= 4 is 5.82 Å². The molecule has 5 nitrogen and oxygen atoms in total. The number of benzene rings is 1. The Labute approximate surface area is 111 Å². The third kappa shape index (κ3) is 2.24. The molecule has 1 aromatic carbocycles. The third-order valence-electron chi connectivity index (χ3n) is 3.16. The second kappa shape index (κ2) is 4.85. The maximum Gasteiger partial charge on any atom is 0.161 e. The van der Waals surface area contributed by atoms with E-state index < -0.39 is 0 Å². The minimum absolute atomic E-state index is 0.216. The van der Waals surface area contributed by atoms with Crippen molar-refractivity contribution in [2.24, 2.45) is 0 Å². The summed E-state index contributed by atoms with van der Waals surface area (Å²) in [7, 11) is 1.84. The number of nitrogens with one attached hydrogen (secondary N) is 1. The summed E-state index contributed by atoms with van der Waals surface area (Å²) in [4.78, 5) is 9.09. The molecule has 0 atom stereocenters. The highest BCUT2D eigenvalue weighted by Crippen LogP contribution is 2.27. The number of ether oxygens (including phenoxy) is 1. The van der Waals surface area contributed by atoms with Crippen LogP contribution in [0.4, 0.5) is 5.82 Å². The van der Waals surface area contributed by atoms with E-state index in [1.165, 1.54) is 0 Å². The largest absolute Gasteiger partial charge is 0.508 e. The molecule has 0 radical (unpaired) electrons. The van der Waals surface area contributed by atoms with Crippen molar-refractivity contribution in [3.8, 4) is 17.1 Å². The first-order chi connectivity index (χ1) is 9.28. The van der Waals surface area contributed by atoms with Gasteiger partial charge < -0.3 is 15.2 Å². The highest BCUT2D eigenvalue weighted by atomic mass is 16.5. The molecular formula is C14H15N3O2. The van der Waals surface area contributed by atoms with Crippen LogP contribution in [0.15, 0.2) is 24.3 Å². The quantitative estimate of drug-likeness (QED) is 0.861. The molecule has 2 N–H and O–H groups in total. The fraction of sp³-hybridized carbons (Fsp3) is 0.286. The number of hydrogen-bond donors (Lipinski definition) is 2. The molecule has 5 heteroatoms. The van der Waals surface area contributed by atoms with Crippen LogP contribution >= 0.6 is 0 Å². The van der Waals surface area contributed by atoms with Crippen LogP contribution in [0.2, 0.25) is 0 Å². The Balaban J connectivity index is 2.12. The Morgan fingerprint density at radius 1 is 1.32 bits per heavy atom. The van der Waals surface area contributed by atoms with Crippen molar-refractivity contribution in [2.45, 2.75) is 13.0 Å². The van der Waals surface area contributed by atoms with Gasteiger partial charge in [0, 0.05) is 24.6 Å². The van der Waals surface area contributed by atoms with Gasteiger partial charge in [-0.3, -0.25) is 0 Å². The van der Waals surface area contributed by atoms with Gasteiger partial charge in [-0.25, -0.2) is 9.97 Å². The number of phenolic OH excluding ortho intramolecular Hbond substituents is 1. The van der Waals surface area contributed by atoms with Gasteiger partial charge in [-0.1, -0.05) is 12.1 Å². The lowest BCUT2D eigenvalue weighted by Gasteiger charge is -2.19. The molecule has 3 rings (SSSR count). The van der Waals surface area contributed by atoms with Crippen molar-refractivity contribution in [3.63, 3.8) is 0 Å². The molecule has 0 unspecified atom stereocenters. The van der Waals surface area contributed by atoms with Crippen molar-refractivity contribution < 1.29 is 9.84 Å². The van der Waals surface area contributed by atoms with E-state index in [0.717, 1.165) is 29.1 Å². The van der Waals surface area contributed by atoms with Crippen LogP contribution in [-0.4, -0.2) is 28.7 Å². The topological polar surface area (TPSA) is 67.3 Å². The number of hydrogen-bond acceptors (Lipinski definition) is 5. The summed E-state index contributed by atoms with van der Waals surface area (Å²) in [6.45, 7) is 1.23. The number of phenols is 1. The van der Waals surface area contributed by atoms with Crippen molar-refractivity contribution in [2.75, 3.05) is 19.0 Å². The molecule has 1 aliphatic rings. The predicted octanol–water partition coefficient (Wildman–Crippen LogP) is 1.96. The molecule has 0 amide bonds. The zero-order chi connectivity index (χ0) is 13.2. The van der Waals surface area contributed by atoms with Crippen LogP contribution in [0.5, 0.6) is 5.75 Å². The van der Waals surface area contributed by atoms with Crippen molar-refractivity contribution in [3.05, 3.63) is 35.5 Å². The molecular weight excluding hydrogens is 242 g/mol. The fourth-order valence-corrected chi connectivity index (χ4v) is 2.21. The van der Waals surface area contributed by atoms with E-state index >= 15 is 0 Å². The smallest absolute Gasteiger partial charge is 0.161 e. The van der Waals surface area contributed by atoms with Crippen LogP contribution in [0.1, 0.15) is 11.3 Å². The molecule has 0 bridgehead atoms. The molecule has 0 aliphatic carbocycles. The van der Waals surface area contributed by atoms with Gasteiger partial charge in [0.15, 0.2) is 5.82 Å². The van der Waals surface area contributed by atoms with Crippen LogP contribution in [0.3, 0.4) is 0 Å². The number of anilines is 1. The molecule has 2 heterocycles. The van der Waals surface area contributed by atoms with E-state index in [9.17, 15) is 5.11 Å². The number of aromatic hydroxyl groups is 1. The zero-order valence-corrected chi connectivity index (χ0v) is 10.7. The lowest BCUT2D eigenvalue weighted by molar-refractivity contribution is 0.109. The minimum atomic E-state index is 0.216. The van der Waals surface area contributed by atoms with Gasteiger partial charge in [-0.15, -0.1) is 0 Å². The Morgan fingerprint density at radius 2 is 2.21 bits per heavy atom.